The molecule has 0 aromatic heterocycles. The van der Waals surface area contributed by atoms with Gasteiger partial charge in [-0.2, -0.15) is 0 Å². The maximum Gasteiger partial charge on any atom is 0.305 e. The van der Waals surface area contributed by atoms with Gasteiger partial charge in [0.25, 0.3) is 5.91 Å². The number of benzene rings is 2. The van der Waals surface area contributed by atoms with Gasteiger partial charge in [-0.3, -0.25) is 19.8 Å². The molecule has 0 aliphatic carbocycles. The van der Waals surface area contributed by atoms with E-state index in [0.29, 0.717) is 36.0 Å². The summed E-state index contributed by atoms with van der Waals surface area (Å²) >= 11 is 0. The van der Waals surface area contributed by atoms with Crippen LogP contribution in [0.25, 0.3) is 0 Å². The second-order valence-electron chi connectivity index (χ2n) is 7.12. The highest BCUT2D eigenvalue weighted by Gasteiger charge is 2.20. The fraction of sp³-hybridized carbons (Fsp3) is 0.304. The maximum atomic E-state index is 12.5. The molecule has 7 N–H and O–H groups in total. The van der Waals surface area contributed by atoms with E-state index in [4.69, 9.17) is 20.6 Å². The summed E-state index contributed by atoms with van der Waals surface area (Å²) in [5, 5.41) is 24.3. The Labute approximate surface area is 197 Å². The number of anilines is 1. The molecular formula is C23H29N5O6. The lowest BCUT2D eigenvalue weighted by molar-refractivity contribution is -0.137. The molecule has 0 aliphatic rings. The summed E-state index contributed by atoms with van der Waals surface area (Å²) in [6.07, 6.45) is -0.375. The minimum absolute atomic E-state index is 0.256. The summed E-state index contributed by atoms with van der Waals surface area (Å²) in [6, 6.07) is 10.4. The number of carboxylic acid groups (broad SMARTS) is 1. The first-order valence-corrected chi connectivity index (χ1v) is 10.6. The van der Waals surface area contributed by atoms with Crippen LogP contribution >= 0.6 is 0 Å². The first-order chi connectivity index (χ1) is 16.2. The van der Waals surface area contributed by atoms with Gasteiger partial charge in [0.15, 0.2) is 5.96 Å². The van der Waals surface area contributed by atoms with Gasteiger partial charge in [0.2, 0.25) is 5.91 Å². The van der Waals surface area contributed by atoms with E-state index in [-0.39, 0.29) is 24.5 Å². The minimum Gasteiger partial charge on any atom is -0.494 e. The zero-order valence-electron chi connectivity index (χ0n) is 19.0. The van der Waals surface area contributed by atoms with Crippen LogP contribution in [0.5, 0.6) is 11.5 Å². The average molecular weight is 472 g/mol. The minimum atomic E-state index is -1.11. The van der Waals surface area contributed by atoms with Crippen LogP contribution in [0.15, 0.2) is 42.5 Å². The van der Waals surface area contributed by atoms with Crippen LogP contribution in [-0.2, 0) is 9.59 Å². The van der Waals surface area contributed by atoms with Crippen LogP contribution in [0.4, 0.5) is 5.69 Å². The van der Waals surface area contributed by atoms with E-state index in [1.54, 1.807) is 36.4 Å². The number of rotatable bonds is 12. The Balaban J connectivity index is 2.11. The number of carbonyl (C=O) groups excluding carboxylic acids is 2. The number of nitrogens with two attached hydrogens (primary N) is 1. The van der Waals surface area contributed by atoms with Crippen LogP contribution in [0.1, 0.15) is 42.2 Å². The van der Waals surface area contributed by atoms with Gasteiger partial charge in [-0.15, -0.1) is 0 Å². The fourth-order valence-electron chi connectivity index (χ4n) is 3.12. The van der Waals surface area contributed by atoms with Gasteiger partial charge in [0.05, 0.1) is 32.2 Å². The summed E-state index contributed by atoms with van der Waals surface area (Å²) in [5.74, 6) is -1.50. The maximum absolute atomic E-state index is 12.5. The third-order valence-electron chi connectivity index (χ3n) is 4.45. The van der Waals surface area contributed by atoms with Crippen molar-refractivity contribution in [2.24, 2.45) is 5.73 Å². The van der Waals surface area contributed by atoms with Crippen molar-refractivity contribution in [3.63, 3.8) is 0 Å². The molecule has 34 heavy (non-hydrogen) atoms. The van der Waals surface area contributed by atoms with Gasteiger partial charge in [-0.25, -0.2) is 0 Å². The molecule has 11 heteroatoms. The van der Waals surface area contributed by atoms with Crippen molar-refractivity contribution >= 4 is 29.4 Å². The van der Waals surface area contributed by atoms with E-state index in [9.17, 15) is 19.5 Å². The molecule has 0 saturated carbocycles. The SMILES string of the molecule is CCOc1cc(OCC)cc(C(CC(=O)O)NC(=O)CNC(=O)c2cccc(NC(=N)N)c2)c1. The van der Waals surface area contributed by atoms with Crippen LogP contribution < -0.4 is 31.2 Å². The molecule has 0 saturated heterocycles. The summed E-state index contributed by atoms with van der Waals surface area (Å²) in [7, 11) is 0. The van der Waals surface area contributed by atoms with Gasteiger partial charge in [0, 0.05) is 17.3 Å². The van der Waals surface area contributed by atoms with E-state index < -0.39 is 23.8 Å². The Morgan fingerprint density at radius 1 is 1.06 bits per heavy atom. The molecule has 0 fully saturated rings. The largest absolute Gasteiger partial charge is 0.494 e. The molecule has 2 amide bonds. The average Bonchev–Trinajstić information content (AvgIpc) is 2.77. The lowest BCUT2D eigenvalue weighted by atomic mass is 10.0. The Kier molecular flexibility index (Phi) is 9.69. The highest BCUT2D eigenvalue weighted by atomic mass is 16.5. The van der Waals surface area contributed by atoms with E-state index in [1.807, 2.05) is 13.8 Å². The van der Waals surface area contributed by atoms with E-state index in [1.165, 1.54) is 6.07 Å². The smallest absolute Gasteiger partial charge is 0.305 e. The Bertz CT molecular complexity index is 1020. The topological polar surface area (TPSA) is 176 Å². The third kappa shape index (κ3) is 8.34. The predicted octanol–water partition coefficient (Wildman–Crippen LogP) is 1.85. The molecule has 2 aromatic rings. The molecule has 0 aliphatic heterocycles. The Morgan fingerprint density at radius 3 is 2.26 bits per heavy atom. The van der Waals surface area contributed by atoms with Crippen molar-refractivity contribution in [1.29, 1.82) is 5.41 Å². The predicted molar refractivity (Wildman–Crippen MR) is 126 cm³/mol. The number of nitrogens with one attached hydrogen (secondary N) is 4. The molecule has 0 bridgehead atoms. The van der Waals surface area contributed by atoms with E-state index in [0.717, 1.165) is 0 Å². The Morgan fingerprint density at radius 2 is 1.71 bits per heavy atom. The summed E-state index contributed by atoms with van der Waals surface area (Å²) in [5.41, 5.74) is 6.50. The molecule has 0 radical (unpaired) electrons. The molecule has 2 aromatic carbocycles. The number of carboxylic acids is 1. The van der Waals surface area contributed by atoms with Crippen molar-refractivity contribution < 1.29 is 29.0 Å². The highest BCUT2D eigenvalue weighted by Crippen LogP contribution is 2.28. The summed E-state index contributed by atoms with van der Waals surface area (Å²) in [4.78, 5) is 36.4. The number of guanidine groups is 1. The number of aliphatic carboxylic acids is 1. The van der Waals surface area contributed by atoms with Crippen molar-refractivity contribution in [2.75, 3.05) is 25.1 Å². The van der Waals surface area contributed by atoms with Gasteiger partial charge in [-0.1, -0.05) is 6.07 Å². The lowest BCUT2D eigenvalue weighted by Gasteiger charge is -2.20. The normalized spacial score (nSPS) is 11.1. The number of carbonyl (C=O) groups is 3. The van der Waals surface area contributed by atoms with Crippen LogP contribution in [-0.4, -0.2) is 48.6 Å². The molecule has 1 atom stereocenters. The van der Waals surface area contributed by atoms with E-state index in [2.05, 4.69) is 16.0 Å². The van der Waals surface area contributed by atoms with Crippen molar-refractivity contribution in [3.8, 4) is 11.5 Å². The van der Waals surface area contributed by atoms with Crippen molar-refractivity contribution in [3.05, 3.63) is 53.6 Å². The number of hydrogen-bond acceptors (Lipinski definition) is 6. The van der Waals surface area contributed by atoms with Crippen LogP contribution in [0, 0.1) is 5.41 Å². The zero-order chi connectivity index (χ0) is 25.1. The zero-order valence-corrected chi connectivity index (χ0v) is 19.0. The van der Waals surface area contributed by atoms with Gasteiger partial charge in [0.1, 0.15) is 11.5 Å². The summed E-state index contributed by atoms with van der Waals surface area (Å²) in [6.45, 7) is 4.07. The number of amides is 2. The monoisotopic (exact) mass is 471 g/mol. The van der Waals surface area contributed by atoms with Gasteiger partial charge < -0.3 is 36.3 Å². The quantitative estimate of drug-likeness (QED) is 0.201. The number of ether oxygens (including phenoxy) is 2. The second kappa shape index (κ2) is 12.7. The summed E-state index contributed by atoms with van der Waals surface area (Å²) < 4.78 is 11.1. The second-order valence-corrected chi connectivity index (χ2v) is 7.12. The van der Waals surface area contributed by atoms with Crippen molar-refractivity contribution in [2.45, 2.75) is 26.3 Å². The molecule has 0 spiro atoms. The van der Waals surface area contributed by atoms with Gasteiger partial charge >= 0.3 is 5.97 Å². The molecular weight excluding hydrogens is 442 g/mol. The fourth-order valence-corrected chi connectivity index (χ4v) is 3.12. The first-order valence-electron chi connectivity index (χ1n) is 10.6. The third-order valence-corrected chi connectivity index (χ3v) is 4.45. The number of hydrogen-bond donors (Lipinski definition) is 6. The Hall–Kier alpha value is -4.28. The molecule has 0 heterocycles. The van der Waals surface area contributed by atoms with Crippen molar-refractivity contribution in [1.82, 2.24) is 10.6 Å². The molecule has 2 rings (SSSR count). The van der Waals surface area contributed by atoms with Gasteiger partial charge in [-0.05, 0) is 49.7 Å². The molecule has 1 unspecified atom stereocenters. The van der Waals surface area contributed by atoms with Crippen LogP contribution in [0.2, 0.25) is 0 Å². The lowest BCUT2D eigenvalue weighted by Crippen LogP contribution is -2.39. The molecule has 182 valence electrons. The standard InChI is InChI=1S/C23H29N5O6/c1-3-33-17-9-15(10-18(11-17)34-4-2)19(12-21(30)31)28-20(29)13-26-22(32)14-6-5-7-16(8-14)27-23(24)25/h5-11,19H,3-4,12-13H2,1-2H3,(H,26,32)(H,28,29)(H,30,31)(H4,24,25,27). The highest BCUT2D eigenvalue weighted by molar-refractivity contribution is 5.98. The van der Waals surface area contributed by atoms with Crippen LogP contribution in [0.3, 0.4) is 0 Å². The molecule has 11 nitrogen and oxygen atoms in total. The first kappa shape index (κ1) is 26.0. The van der Waals surface area contributed by atoms with E-state index >= 15 is 0 Å².